The van der Waals surface area contributed by atoms with Crippen LogP contribution in [0.15, 0.2) is 0 Å². The molecule has 0 amide bonds. The maximum Gasteiger partial charge on any atom is 0.268 e. The average molecular weight is 204 g/mol. The summed E-state index contributed by atoms with van der Waals surface area (Å²) in [4.78, 5) is 0. The molecular formula is C9H24N2OSi. The molecule has 0 saturated carbocycles. The SMILES string of the molecule is CCN(N)[SiH](CC(C)C)OC(C)C. The minimum Gasteiger partial charge on any atom is -0.402 e. The number of rotatable bonds is 6. The highest BCUT2D eigenvalue weighted by Crippen LogP contribution is 2.09. The Morgan fingerprint density at radius 1 is 1.31 bits per heavy atom. The summed E-state index contributed by atoms with van der Waals surface area (Å²) in [5.74, 6) is 6.56. The second-order valence-electron chi connectivity index (χ2n) is 4.10. The van der Waals surface area contributed by atoms with Gasteiger partial charge < -0.3 is 4.43 Å². The lowest BCUT2D eigenvalue weighted by molar-refractivity contribution is 0.201. The first kappa shape index (κ1) is 13.1. The molecule has 4 heteroatoms. The third-order valence-corrected chi connectivity index (χ3v) is 5.15. The summed E-state index contributed by atoms with van der Waals surface area (Å²) >= 11 is 0. The molecule has 0 aliphatic heterocycles. The normalized spacial score (nSPS) is 14.5. The predicted molar refractivity (Wildman–Crippen MR) is 59.6 cm³/mol. The van der Waals surface area contributed by atoms with Gasteiger partial charge in [-0.1, -0.05) is 20.8 Å². The smallest absolute Gasteiger partial charge is 0.268 e. The van der Waals surface area contributed by atoms with Crippen molar-refractivity contribution in [1.29, 1.82) is 0 Å². The van der Waals surface area contributed by atoms with E-state index in [4.69, 9.17) is 10.3 Å². The summed E-state index contributed by atoms with van der Waals surface area (Å²) in [5.41, 5.74) is 0. The summed E-state index contributed by atoms with van der Waals surface area (Å²) in [7, 11) is -1.33. The molecular weight excluding hydrogens is 180 g/mol. The summed E-state index contributed by atoms with van der Waals surface area (Å²) in [6.07, 6.45) is 0.299. The van der Waals surface area contributed by atoms with Crippen LogP contribution in [0.3, 0.4) is 0 Å². The van der Waals surface area contributed by atoms with E-state index in [1.54, 1.807) is 0 Å². The summed E-state index contributed by atoms with van der Waals surface area (Å²) in [5, 5.41) is 0. The molecule has 0 aromatic rings. The molecule has 0 rings (SSSR count). The number of hydrazine groups is 1. The van der Waals surface area contributed by atoms with E-state index in [-0.39, 0.29) is 0 Å². The Morgan fingerprint density at radius 2 is 1.85 bits per heavy atom. The third-order valence-electron chi connectivity index (χ3n) is 1.84. The van der Waals surface area contributed by atoms with Gasteiger partial charge in [-0.15, -0.1) is 0 Å². The molecule has 0 aliphatic carbocycles. The Morgan fingerprint density at radius 3 is 2.15 bits per heavy atom. The molecule has 0 aromatic carbocycles. The van der Waals surface area contributed by atoms with E-state index in [0.717, 1.165) is 12.6 Å². The molecule has 0 bridgehead atoms. The molecule has 0 spiro atoms. The number of nitrogens with two attached hydrogens (primary N) is 1. The van der Waals surface area contributed by atoms with E-state index in [1.807, 2.05) is 4.67 Å². The van der Waals surface area contributed by atoms with Gasteiger partial charge >= 0.3 is 0 Å². The van der Waals surface area contributed by atoms with Crippen molar-refractivity contribution in [3.63, 3.8) is 0 Å². The third kappa shape index (κ3) is 6.21. The minimum absolute atomic E-state index is 0.299. The standard InChI is InChI=1S/C9H24N2OSi/c1-6-11(10)13(7-8(2)3)12-9(4)5/h8-9,13H,6-7,10H2,1-5H3. The first-order chi connectivity index (χ1) is 5.97. The zero-order valence-corrected chi connectivity index (χ0v) is 10.7. The summed E-state index contributed by atoms with van der Waals surface area (Å²) in [6, 6.07) is 1.13. The number of hydrogen-bond acceptors (Lipinski definition) is 3. The number of nitrogens with zero attached hydrogens (tertiary/aromatic N) is 1. The number of hydrogen-bond donors (Lipinski definition) is 1. The van der Waals surface area contributed by atoms with Crippen LogP contribution in [0, 0.1) is 5.92 Å². The fourth-order valence-electron chi connectivity index (χ4n) is 1.19. The fourth-order valence-corrected chi connectivity index (χ4v) is 3.57. The molecule has 80 valence electrons. The van der Waals surface area contributed by atoms with Gasteiger partial charge in [0.15, 0.2) is 0 Å². The van der Waals surface area contributed by atoms with Crippen LogP contribution in [0.4, 0.5) is 0 Å². The molecule has 0 aliphatic rings. The Kier molecular flexibility index (Phi) is 6.58. The molecule has 13 heavy (non-hydrogen) atoms. The highest BCUT2D eigenvalue weighted by Gasteiger charge is 2.20. The van der Waals surface area contributed by atoms with Crippen molar-refractivity contribution in [2.24, 2.45) is 11.8 Å². The van der Waals surface area contributed by atoms with E-state index in [1.165, 1.54) is 0 Å². The van der Waals surface area contributed by atoms with Gasteiger partial charge in [0.05, 0.1) is 0 Å². The molecule has 0 heterocycles. The molecule has 0 saturated heterocycles. The minimum atomic E-state index is -1.33. The fraction of sp³-hybridized carbons (Fsp3) is 1.00. The van der Waals surface area contributed by atoms with E-state index in [2.05, 4.69) is 34.6 Å². The van der Waals surface area contributed by atoms with E-state index >= 15 is 0 Å². The van der Waals surface area contributed by atoms with Crippen molar-refractivity contribution in [2.45, 2.75) is 46.8 Å². The van der Waals surface area contributed by atoms with Crippen molar-refractivity contribution in [3.8, 4) is 0 Å². The van der Waals surface area contributed by atoms with Crippen molar-refractivity contribution in [1.82, 2.24) is 4.67 Å². The maximum absolute atomic E-state index is 5.88. The first-order valence-electron chi connectivity index (χ1n) is 5.14. The molecule has 1 atom stereocenters. The highest BCUT2D eigenvalue weighted by atomic mass is 28.3. The van der Waals surface area contributed by atoms with E-state index < -0.39 is 9.20 Å². The maximum atomic E-state index is 5.88. The van der Waals surface area contributed by atoms with Gasteiger partial charge in [-0.3, -0.25) is 5.84 Å². The molecule has 0 fully saturated rings. The monoisotopic (exact) mass is 204 g/mol. The Labute approximate surface area is 84.0 Å². The molecule has 1 unspecified atom stereocenters. The van der Waals surface area contributed by atoms with Gasteiger partial charge in [0.2, 0.25) is 0 Å². The quantitative estimate of drug-likeness (QED) is 0.405. The molecule has 3 nitrogen and oxygen atoms in total. The average Bonchev–Trinajstić information content (AvgIpc) is 2.00. The van der Waals surface area contributed by atoms with Gasteiger partial charge in [0.1, 0.15) is 0 Å². The van der Waals surface area contributed by atoms with E-state index in [9.17, 15) is 0 Å². The Bertz CT molecular complexity index is 121. The second kappa shape index (κ2) is 6.54. The van der Waals surface area contributed by atoms with Crippen LogP contribution in [0.5, 0.6) is 0 Å². The summed E-state index contributed by atoms with van der Waals surface area (Å²) in [6.45, 7) is 11.5. The zero-order valence-electron chi connectivity index (χ0n) is 9.58. The highest BCUT2D eigenvalue weighted by molar-refractivity contribution is 6.48. The van der Waals surface area contributed by atoms with Crippen molar-refractivity contribution in [2.75, 3.05) is 6.54 Å². The zero-order chi connectivity index (χ0) is 10.4. The van der Waals surface area contributed by atoms with Crippen LogP contribution in [-0.4, -0.2) is 26.5 Å². The molecule has 0 radical (unpaired) electrons. The van der Waals surface area contributed by atoms with Crippen LogP contribution in [0.25, 0.3) is 0 Å². The predicted octanol–water partition coefficient (Wildman–Crippen LogP) is 1.48. The lowest BCUT2D eigenvalue weighted by atomic mass is 10.3. The lowest BCUT2D eigenvalue weighted by Gasteiger charge is -2.27. The van der Waals surface area contributed by atoms with Crippen LogP contribution >= 0.6 is 0 Å². The molecule has 0 aromatic heterocycles. The van der Waals surface area contributed by atoms with Crippen LogP contribution in [-0.2, 0) is 4.43 Å². The van der Waals surface area contributed by atoms with Gasteiger partial charge in [-0.2, -0.15) is 0 Å². The van der Waals surface area contributed by atoms with E-state index in [0.29, 0.717) is 12.0 Å². The van der Waals surface area contributed by atoms with Crippen LogP contribution < -0.4 is 5.84 Å². The molecule has 2 N–H and O–H groups in total. The largest absolute Gasteiger partial charge is 0.402 e. The second-order valence-corrected chi connectivity index (χ2v) is 6.42. The lowest BCUT2D eigenvalue weighted by Crippen LogP contribution is -2.48. The van der Waals surface area contributed by atoms with Gasteiger partial charge in [0, 0.05) is 12.6 Å². The summed E-state index contributed by atoms with van der Waals surface area (Å²) < 4.78 is 7.76. The van der Waals surface area contributed by atoms with Gasteiger partial charge in [-0.25, -0.2) is 4.67 Å². The topological polar surface area (TPSA) is 38.5 Å². The Hall–Kier alpha value is 0.0969. The van der Waals surface area contributed by atoms with Crippen molar-refractivity contribution in [3.05, 3.63) is 0 Å². The van der Waals surface area contributed by atoms with Gasteiger partial charge in [-0.05, 0) is 25.8 Å². The van der Waals surface area contributed by atoms with Crippen LogP contribution in [0.1, 0.15) is 34.6 Å². The Balaban J connectivity index is 4.02. The van der Waals surface area contributed by atoms with Crippen molar-refractivity contribution < 1.29 is 4.43 Å². The van der Waals surface area contributed by atoms with Crippen molar-refractivity contribution >= 4 is 9.20 Å². The van der Waals surface area contributed by atoms with Gasteiger partial charge in [0.25, 0.3) is 9.20 Å². The first-order valence-corrected chi connectivity index (χ1v) is 6.94. The van der Waals surface area contributed by atoms with Crippen LogP contribution in [0.2, 0.25) is 6.04 Å².